The number of carbonyl (C=O) groups excluding carboxylic acids is 1. The number of alkyl halides is 3. The largest absolute Gasteiger partial charge is 0.468 e. The number of halogens is 3. The summed E-state index contributed by atoms with van der Waals surface area (Å²) in [6.07, 6.45) is -0.204. The second-order valence-electron chi connectivity index (χ2n) is 3.82. The zero-order chi connectivity index (χ0) is 14.0. The molecule has 0 heterocycles. The van der Waals surface area contributed by atoms with E-state index < -0.39 is 23.8 Å². The van der Waals surface area contributed by atoms with Crippen LogP contribution in [0.4, 0.5) is 13.2 Å². The Morgan fingerprint density at radius 1 is 1.44 bits per heavy atom. The van der Waals surface area contributed by atoms with Crippen LogP contribution in [0, 0.1) is 0 Å². The molecule has 2 nitrogen and oxygen atoms in total. The molecule has 106 valence electrons. The van der Waals surface area contributed by atoms with Gasteiger partial charge < -0.3 is 4.74 Å². The molecule has 0 N–H and O–H groups in total. The molecular weight excluding hydrogens is 265 g/mol. The fourth-order valence-corrected chi connectivity index (χ4v) is 2.54. The maximum absolute atomic E-state index is 12.0. The average Bonchev–Trinajstić information content (AvgIpc) is 2.29. The Morgan fingerprint density at radius 2 is 2.11 bits per heavy atom. The highest BCUT2D eigenvalue weighted by molar-refractivity contribution is 8.00. The molecule has 0 amide bonds. The molecule has 0 aromatic rings. The van der Waals surface area contributed by atoms with Crippen molar-refractivity contribution < 1.29 is 22.7 Å². The van der Waals surface area contributed by atoms with E-state index in [1.807, 2.05) is 0 Å². The lowest BCUT2D eigenvalue weighted by Crippen LogP contribution is -2.20. The van der Waals surface area contributed by atoms with Gasteiger partial charge in [0.15, 0.2) is 0 Å². The van der Waals surface area contributed by atoms with Gasteiger partial charge >= 0.3 is 12.1 Å². The molecule has 6 heteroatoms. The van der Waals surface area contributed by atoms with Crippen molar-refractivity contribution in [1.29, 1.82) is 0 Å². The molecular formula is C12H19F3O2S. The number of methoxy groups -OCH3 is 1. The monoisotopic (exact) mass is 284 g/mol. The van der Waals surface area contributed by atoms with E-state index in [-0.39, 0.29) is 5.75 Å². The van der Waals surface area contributed by atoms with E-state index >= 15 is 0 Å². The lowest BCUT2D eigenvalue weighted by atomic mass is 10.1. The summed E-state index contributed by atoms with van der Waals surface area (Å²) in [5.41, 5.74) is 0. The zero-order valence-corrected chi connectivity index (χ0v) is 11.3. The molecule has 0 aliphatic rings. The number of thioether (sulfide) groups is 1. The van der Waals surface area contributed by atoms with Gasteiger partial charge in [0.25, 0.3) is 0 Å². The molecule has 18 heavy (non-hydrogen) atoms. The maximum Gasteiger partial charge on any atom is 0.389 e. The van der Waals surface area contributed by atoms with Crippen LogP contribution in [-0.4, -0.2) is 30.3 Å². The van der Waals surface area contributed by atoms with Crippen molar-refractivity contribution >= 4 is 17.7 Å². The number of hydrogen-bond acceptors (Lipinski definition) is 3. The number of allylic oxidation sites excluding steroid dienone is 1. The van der Waals surface area contributed by atoms with E-state index in [0.717, 1.165) is 31.0 Å². The number of hydrogen-bond donors (Lipinski definition) is 0. The van der Waals surface area contributed by atoms with Crippen molar-refractivity contribution in [3.63, 3.8) is 0 Å². The summed E-state index contributed by atoms with van der Waals surface area (Å²) in [6.45, 7) is 3.58. The second kappa shape index (κ2) is 9.30. The van der Waals surface area contributed by atoms with Crippen LogP contribution in [0.1, 0.15) is 32.1 Å². The molecule has 0 rings (SSSR count). The lowest BCUT2D eigenvalue weighted by Gasteiger charge is -2.14. The molecule has 0 fully saturated rings. The smallest absolute Gasteiger partial charge is 0.389 e. The van der Waals surface area contributed by atoms with Gasteiger partial charge in [-0.05, 0) is 19.3 Å². The molecule has 1 unspecified atom stereocenters. The van der Waals surface area contributed by atoms with Gasteiger partial charge in [-0.3, -0.25) is 4.79 Å². The average molecular weight is 284 g/mol. The Bertz CT molecular complexity index is 254. The van der Waals surface area contributed by atoms with Crippen molar-refractivity contribution in [1.82, 2.24) is 0 Å². The number of rotatable bonds is 9. The fraction of sp³-hybridized carbons (Fsp3) is 0.750. The van der Waals surface area contributed by atoms with Crippen LogP contribution in [-0.2, 0) is 9.53 Å². The van der Waals surface area contributed by atoms with Gasteiger partial charge in [-0.2, -0.15) is 13.2 Å². The van der Waals surface area contributed by atoms with E-state index in [4.69, 9.17) is 0 Å². The van der Waals surface area contributed by atoms with Crippen LogP contribution in [0.15, 0.2) is 12.7 Å². The van der Waals surface area contributed by atoms with Gasteiger partial charge in [0, 0.05) is 5.75 Å². The summed E-state index contributed by atoms with van der Waals surface area (Å²) >= 11 is 1.02. The molecule has 0 saturated heterocycles. The topological polar surface area (TPSA) is 26.3 Å². The molecule has 0 aliphatic heterocycles. The molecule has 0 aliphatic carbocycles. The summed E-state index contributed by atoms with van der Waals surface area (Å²) in [6, 6.07) is 0. The van der Waals surface area contributed by atoms with Gasteiger partial charge in [0.1, 0.15) is 5.25 Å². The van der Waals surface area contributed by atoms with Crippen LogP contribution >= 0.6 is 11.8 Å². The Balaban J connectivity index is 3.99. The number of carbonyl (C=O) groups is 1. The first-order valence-corrected chi connectivity index (χ1v) is 6.82. The fourth-order valence-electron chi connectivity index (χ4n) is 1.34. The Labute approximate surface area is 110 Å². The zero-order valence-electron chi connectivity index (χ0n) is 10.5. The Kier molecular flexibility index (Phi) is 8.97. The highest BCUT2D eigenvalue weighted by Gasteiger charge is 2.28. The van der Waals surface area contributed by atoms with Crippen LogP contribution in [0.3, 0.4) is 0 Å². The van der Waals surface area contributed by atoms with Gasteiger partial charge in [0.2, 0.25) is 0 Å². The molecule has 0 spiro atoms. The lowest BCUT2D eigenvalue weighted by molar-refractivity contribution is -0.140. The third-order valence-corrected chi connectivity index (χ3v) is 3.56. The van der Waals surface area contributed by atoms with E-state index in [1.54, 1.807) is 6.08 Å². The van der Waals surface area contributed by atoms with Crippen LogP contribution in [0.2, 0.25) is 0 Å². The Morgan fingerprint density at radius 3 is 2.61 bits per heavy atom. The minimum absolute atomic E-state index is 0.106. The Hall–Kier alpha value is -0.650. The van der Waals surface area contributed by atoms with Crippen LogP contribution < -0.4 is 0 Å². The molecule has 0 aromatic heterocycles. The minimum Gasteiger partial charge on any atom is -0.468 e. The first kappa shape index (κ1) is 17.4. The number of ether oxygens (including phenoxy) is 1. The van der Waals surface area contributed by atoms with Crippen LogP contribution in [0.5, 0.6) is 0 Å². The van der Waals surface area contributed by atoms with Crippen molar-refractivity contribution in [2.75, 3.05) is 12.9 Å². The van der Waals surface area contributed by atoms with Crippen molar-refractivity contribution in [3.8, 4) is 0 Å². The summed E-state index contributed by atoms with van der Waals surface area (Å²) in [7, 11) is 1.25. The molecule has 0 bridgehead atoms. The van der Waals surface area contributed by atoms with E-state index in [2.05, 4.69) is 11.3 Å². The van der Waals surface area contributed by atoms with Crippen molar-refractivity contribution in [3.05, 3.63) is 12.7 Å². The highest BCUT2D eigenvalue weighted by atomic mass is 32.2. The molecule has 0 saturated carbocycles. The van der Waals surface area contributed by atoms with Crippen LogP contribution in [0.25, 0.3) is 0 Å². The second-order valence-corrected chi connectivity index (χ2v) is 5.13. The summed E-state index contributed by atoms with van der Waals surface area (Å²) in [5.74, 6) is -0.550. The van der Waals surface area contributed by atoms with Gasteiger partial charge in [-0.25, -0.2) is 0 Å². The number of unbranched alkanes of at least 4 members (excludes halogenated alkanes) is 2. The first-order valence-electron chi connectivity index (χ1n) is 5.77. The van der Waals surface area contributed by atoms with Crippen molar-refractivity contribution in [2.45, 2.75) is 43.5 Å². The van der Waals surface area contributed by atoms with E-state index in [9.17, 15) is 18.0 Å². The first-order chi connectivity index (χ1) is 8.40. The SMILES string of the molecule is C=CCCCCC(SCCC(F)(F)F)C(=O)OC. The quantitative estimate of drug-likeness (QED) is 0.364. The maximum atomic E-state index is 12.0. The van der Waals surface area contributed by atoms with Gasteiger partial charge in [-0.1, -0.05) is 12.5 Å². The standard InChI is InChI=1S/C12H19F3O2S/c1-3-4-5-6-7-10(11(16)17-2)18-9-8-12(13,14)15/h3,10H,1,4-9H2,2H3. The predicted octanol–water partition coefficient (Wildman–Crippen LogP) is 3.96. The highest BCUT2D eigenvalue weighted by Crippen LogP contribution is 2.26. The third-order valence-electron chi connectivity index (χ3n) is 2.29. The third kappa shape index (κ3) is 9.39. The van der Waals surface area contributed by atoms with Gasteiger partial charge in [-0.15, -0.1) is 18.3 Å². The normalized spacial score (nSPS) is 13.1. The minimum atomic E-state index is -4.17. The summed E-state index contributed by atoms with van der Waals surface area (Å²) in [4.78, 5) is 11.4. The molecule has 1 atom stereocenters. The molecule has 0 aromatic carbocycles. The number of esters is 1. The predicted molar refractivity (Wildman–Crippen MR) is 67.6 cm³/mol. The van der Waals surface area contributed by atoms with Crippen molar-refractivity contribution in [2.24, 2.45) is 0 Å². The van der Waals surface area contributed by atoms with Gasteiger partial charge in [0.05, 0.1) is 13.5 Å². The summed E-state index contributed by atoms with van der Waals surface area (Å²) in [5, 5.41) is -0.498. The van der Waals surface area contributed by atoms with E-state index in [1.165, 1.54) is 7.11 Å². The summed E-state index contributed by atoms with van der Waals surface area (Å²) < 4.78 is 40.6. The van der Waals surface area contributed by atoms with E-state index in [0.29, 0.717) is 6.42 Å². The molecule has 0 radical (unpaired) electrons.